The third-order valence-corrected chi connectivity index (χ3v) is 7.62. The fraction of sp³-hybridized carbons (Fsp3) is 0.296. The highest BCUT2D eigenvalue weighted by Gasteiger charge is 2.46. The van der Waals surface area contributed by atoms with Gasteiger partial charge in [-0.15, -0.1) is 0 Å². The van der Waals surface area contributed by atoms with Crippen LogP contribution in [0.25, 0.3) is 16.6 Å². The number of fused-ring (bicyclic) bond motifs is 3. The van der Waals surface area contributed by atoms with Crippen molar-refractivity contribution in [2.24, 2.45) is 0 Å². The summed E-state index contributed by atoms with van der Waals surface area (Å²) in [7, 11) is 3.93. The molecular formula is C27H27N9O2. The Morgan fingerprint density at radius 1 is 0.974 bits per heavy atom. The molecule has 2 atom stereocenters. The summed E-state index contributed by atoms with van der Waals surface area (Å²) in [6.07, 6.45) is 5.80. The maximum absolute atomic E-state index is 6.04. The van der Waals surface area contributed by atoms with Crippen LogP contribution in [0.4, 0.5) is 17.2 Å². The molecule has 1 N–H and O–H groups in total. The van der Waals surface area contributed by atoms with E-state index < -0.39 is 0 Å². The van der Waals surface area contributed by atoms with Gasteiger partial charge in [-0.3, -0.25) is 4.90 Å². The van der Waals surface area contributed by atoms with Crippen LogP contribution in [-0.2, 0) is 0 Å². The molecule has 38 heavy (non-hydrogen) atoms. The number of likely N-dealkylation sites (tertiary alicyclic amines) is 1. The molecular weight excluding hydrogens is 482 g/mol. The van der Waals surface area contributed by atoms with Crippen molar-refractivity contribution in [3.63, 3.8) is 0 Å². The van der Waals surface area contributed by atoms with Crippen molar-refractivity contribution in [3.05, 3.63) is 60.9 Å². The molecule has 5 aromatic rings. The fourth-order valence-corrected chi connectivity index (χ4v) is 5.59. The van der Waals surface area contributed by atoms with Gasteiger partial charge in [0.05, 0.1) is 23.7 Å². The van der Waals surface area contributed by atoms with Gasteiger partial charge in [-0.05, 0) is 56.3 Å². The first-order valence-corrected chi connectivity index (χ1v) is 12.6. The average Bonchev–Trinajstić information content (AvgIpc) is 3.49. The Morgan fingerprint density at radius 3 is 2.71 bits per heavy atom. The van der Waals surface area contributed by atoms with Gasteiger partial charge in [0, 0.05) is 36.9 Å². The number of likely N-dealkylation sites (N-methyl/N-ethyl adjacent to an activating group) is 1. The monoisotopic (exact) mass is 509 g/mol. The maximum atomic E-state index is 6.04. The summed E-state index contributed by atoms with van der Waals surface area (Å²) in [5.41, 5.74) is 4.45. The third kappa shape index (κ3) is 3.66. The van der Waals surface area contributed by atoms with Gasteiger partial charge in [0.1, 0.15) is 36.3 Å². The lowest BCUT2D eigenvalue weighted by Gasteiger charge is -2.48. The van der Waals surface area contributed by atoms with E-state index in [2.05, 4.69) is 47.2 Å². The molecule has 11 nitrogen and oxygen atoms in total. The number of methoxy groups -OCH3 is 1. The standard InChI is InChI=1S/C27H27N9O2/c1-16-10-17(4-6-21(16)38-24-11-23-29-14-32-36(23)15-31-24)33-27-25-18(28-13-30-27)5-7-22(37-3)26(25)35-12-20-19(35)8-9-34(20)2/h4-7,10-11,13-15,19-20H,8-9,12H2,1-3H3,(H,28,30,33). The number of nitrogens with one attached hydrogen (secondary N) is 1. The third-order valence-electron chi connectivity index (χ3n) is 7.62. The van der Waals surface area contributed by atoms with Crippen LogP contribution >= 0.6 is 0 Å². The van der Waals surface area contributed by atoms with Crippen molar-refractivity contribution in [1.29, 1.82) is 0 Å². The molecule has 2 aromatic carbocycles. The molecule has 2 aliphatic rings. The molecule has 0 bridgehead atoms. The van der Waals surface area contributed by atoms with E-state index in [0.717, 1.165) is 58.9 Å². The minimum absolute atomic E-state index is 0.457. The van der Waals surface area contributed by atoms with Crippen LogP contribution in [0.3, 0.4) is 0 Å². The summed E-state index contributed by atoms with van der Waals surface area (Å²) in [6, 6.07) is 12.7. The molecule has 0 aliphatic carbocycles. The molecule has 7 rings (SSSR count). The van der Waals surface area contributed by atoms with Crippen molar-refractivity contribution in [3.8, 4) is 17.4 Å². The highest BCUT2D eigenvalue weighted by atomic mass is 16.5. The van der Waals surface area contributed by atoms with Crippen molar-refractivity contribution in [2.75, 3.05) is 37.5 Å². The molecule has 11 heteroatoms. The van der Waals surface area contributed by atoms with Crippen molar-refractivity contribution < 1.29 is 9.47 Å². The molecule has 3 aromatic heterocycles. The van der Waals surface area contributed by atoms with Gasteiger partial charge in [0.2, 0.25) is 5.88 Å². The van der Waals surface area contributed by atoms with Crippen LogP contribution < -0.4 is 19.7 Å². The number of rotatable bonds is 6. The number of nitrogens with zero attached hydrogens (tertiary/aromatic N) is 8. The van der Waals surface area contributed by atoms with Crippen molar-refractivity contribution in [2.45, 2.75) is 25.4 Å². The lowest BCUT2D eigenvalue weighted by Crippen LogP contribution is -2.61. The van der Waals surface area contributed by atoms with Crippen LogP contribution in [0.2, 0.25) is 0 Å². The highest BCUT2D eigenvalue weighted by molar-refractivity contribution is 6.04. The first-order chi connectivity index (χ1) is 18.6. The number of aromatic nitrogens is 6. The zero-order valence-corrected chi connectivity index (χ0v) is 21.4. The minimum atomic E-state index is 0.457. The molecule has 192 valence electrons. The normalized spacial score (nSPS) is 19.0. The Hall–Kier alpha value is -4.51. The molecule has 2 unspecified atom stereocenters. The van der Waals surface area contributed by atoms with Crippen molar-refractivity contribution >= 4 is 33.7 Å². The van der Waals surface area contributed by atoms with Crippen LogP contribution in [0.5, 0.6) is 17.4 Å². The van der Waals surface area contributed by atoms with E-state index >= 15 is 0 Å². The lowest BCUT2D eigenvalue weighted by molar-refractivity contribution is 0.241. The molecule has 0 saturated carbocycles. The van der Waals surface area contributed by atoms with E-state index in [4.69, 9.17) is 9.47 Å². The summed E-state index contributed by atoms with van der Waals surface area (Å²) < 4.78 is 13.5. The Bertz CT molecular complexity index is 1670. The maximum Gasteiger partial charge on any atom is 0.224 e. The predicted molar refractivity (Wildman–Crippen MR) is 144 cm³/mol. The van der Waals surface area contributed by atoms with Gasteiger partial charge < -0.3 is 19.7 Å². The van der Waals surface area contributed by atoms with Gasteiger partial charge >= 0.3 is 0 Å². The van der Waals surface area contributed by atoms with Gasteiger partial charge in [-0.2, -0.15) is 5.10 Å². The van der Waals surface area contributed by atoms with E-state index in [1.807, 2.05) is 37.3 Å². The number of benzene rings is 2. The Morgan fingerprint density at radius 2 is 1.87 bits per heavy atom. The largest absolute Gasteiger partial charge is 0.495 e. The fourth-order valence-electron chi connectivity index (χ4n) is 5.59. The first-order valence-electron chi connectivity index (χ1n) is 12.6. The second kappa shape index (κ2) is 8.80. The summed E-state index contributed by atoms with van der Waals surface area (Å²) >= 11 is 0. The number of hydrogen-bond donors (Lipinski definition) is 1. The van der Waals surface area contributed by atoms with E-state index in [-0.39, 0.29) is 0 Å². The topological polar surface area (TPSA) is 106 Å². The molecule has 0 amide bonds. The Balaban J connectivity index is 1.21. The minimum Gasteiger partial charge on any atom is -0.495 e. The predicted octanol–water partition coefficient (Wildman–Crippen LogP) is 3.81. The molecule has 0 spiro atoms. The van der Waals surface area contributed by atoms with Crippen LogP contribution in [0.1, 0.15) is 12.0 Å². The molecule has 2 aliphatic heterocycles. The SMILES string of the molecule is COc1ccc2ncnc(Nc3ccc(Oc4cc5ncnn5cn4)c(C)c3)c2c1N1CC2C1CCN2C. The second-order valence-electron chi connectivity index (χ2n) is 9.79. The van der Waals surface area contributed by atoms with E-state index in [9.17, 15) is 0 Å². The van der Waals surface area contributed by atoms with E-state index in [0.29, 0.717) is 29.4 Å². The summed E-state index contributed by atoms with van der Waals surface area (Å²) in [5.74, 6) is 2.74. The molecule has 5 heterocycles. The summed E-state index contributed by atoms with van der Waals surface area (Å²) in [6.45, 7) is 4.07. The van der Waals surface area contributed by atoms with E-state index in [1.165, 1.54) is 6.33 Å². The second-order valence-corrected chi connectivity index (χ2v) is 9.79. The van der Waals surface area contributed by atoms with Crippen molar-refractivity contribution in [1.82, 2.24) is 34.4 Å². The first kappa shape index (κ1) is 22.7. The lowest BCUT2D eigenvalue weighted by atomic mass is 9.94. The van der Waals surface area contributed by atoms with Gasteiger partial charge in [0.25, 0.3) is 0 Å². The Kier molecular flexibility index (Phi) is 5.25. The summed E-state index contributed by atoms with van der Waals surface area (Å²) in [5, 5.41) is 8.56. The molecule has 2 saturated heterocycles. The van der Waals surface area contributed by atoms with E-state index in [1.54, 1.807) is 30.3 Å². The molecule has 0 radical (unpaired) electrons. The van der Waals surface area contributed by atoms with Crippen LogP contribution in [-0.4, -0.2) is 73.8 Å². The summed E-state index contributed by atoms with van der Waals surface area (Å²) in [4.78, 5) is 22.6. The van der Waals surface area contributed by atoms with Gasteiger partial charge in [0.15, 0.2) is 5.65 Å². The molecule has 2 fully saturated rings. The number of hydrogen-bond acceptors (Lipinski definition) is 10. The number of aryl methyl sites for hydroxylation is 1. The smallest absolute Gasteiger partial charge is 0.224 e. The van der Waals surface area contributed by atoms with Gasteiger partial charge in [-0.25, -0.2) is 24.5 Å². The van der Waals surface area contributed by atoms with Crippen LogP contribution in [0, 0.1) is 6.92 Å². The van der Waals surface area contributed by atoms with Gasteiger partial charge in [-0.1, -0.05) is 0 Å². The average molecular weight is 510 g/mol. The Labute approximate surface area is 219 Å². The quantitative estimate of drug-likeness (QED) is 0.363. The van der Waals surface area contributed by atoms with Crippen LogP contribution in [0.15, 0.2) is 55.4 Å². The zero-order chi connectivity index (χ0) is 25.8. The highest BCUT2D eigenvalue weighted by Crippen LogP contribution is 2.46. The number of anilines is 3. The zero-order valence-electron chi connectivity index (χ0n) is 21.4. The number of ether oxygens (including phenoxy) is 2.